The highest BCUT2D eigenvalue weighted by Crippen LogP contribution is 2.21. The van der Waals surface area contributed by atoms with E-state index in [0.29, 0.717) is 25.9 Å². The number of piperidine rings is 1. The summed E-state index contributed by atoms with van der Waals surface area (Å²) in [4.78, 5) is 37.8. The average molecular weight is 426 g/mol. The maximum atomic E-state index is 13.8. The van der Waals surface area contributed by atoms with Gasteiger partial charge in [-0.2, -0.15) is 0 Å². The largest absolute Gasteiger partial charge is 0.455 e. The van der Waals surface area contributed by atoms with Gasteiger partial charge in [0, 0.05) is 24.7 Å². The van der Waals surface area contributed by atoms with Crippen LogP contribution in [0.3, 0.4) is 0 Å². The number of ether oxygens (including phenoxy) is 2. The third kappa shape index (κ3) is 6.96. The summed E-state index contributed by atoms with van der Waals surface area (Å²) in [7, 11) is 0. The van der Waals surface area contributed by atoms with Gasteiger partial charge in [0.05, 0.1) is 12.0 Å². The van der Waals surface area contributed by atoms with Crippen LogP contribution in [0.15, 0.2) is 18.2 Å². The van der Waals surface area contributed by atoms with Gasteiger partial charge in [-0.3, -0.25) is 9.59 Å². The van der Waals surface area contributed by atoms with Gasteiger partial charge >= 0.3 is 12.1 Å². The smallest absolute Gasteiger partial charge is 0.410 e. The highest BCUT2D eigenvalue weighted by Gasteiger charge is 2.31. The second-order valence-electron chi connectivity index (χ2n) is 8.30. The molecule has 0 aliphatic carbocycles. The van der Waals surface area contributed by atoms with Gasteiger partial charge in [0.2, 0.25) is 0 Å². The summed E-state index contributed by atoms with van der Waals surface area (Å²) >= 11 is 0. The Morgan fingerprint density at radius 1 is 1.20 bits per heavy atom. The molecule has 0 spiro atoms. The predicted octanol–water partition coefficient (Wildman–Crippen LogP) is 3.33. The zero-order valence-electron chi connectivity index (χ0n) is 17.7. The quantitative estimate of drug-likeness (QED) is 0.730. The molecule has 1 heterocycles. The molecule has 166 valence electrons. The lowest BCUT2D eigenvalue weighted by Crippen LogP contribution is -2.43. The van der Waals surface area contributed by atoms with E-state index in [2.05, 4.69) is 5.32 Å². The Kier molecular flexibility index (Phi) is 7.75. The van der Waals surface area contributed by atoms with Gasteiger partial charge in [-0.05, 0) is 46.6 Å². The van der Waals surface area contributed by atoms with Crippen LogP contribution in [0.2, 0.25) is 0 Å². The van der Waals surface area contributed by atoms with E-state index in [4.69, 9.17) is 9.47 Å². The van der Waals surface area contributed by atoms with Crippen LogP contribution in [0.4, 0.5) is 13.6 Å². The molecule has 7 nitrogen and oxygen atoms in total. The fourth-order valence-electron chi connectivity index (χ4n) is 3.09. The molecule has 0 bridgehead atoms. The maximum absolute atomic E-state index is 13.8. The van der Waals surface area contributed by atoms with Crippen molar-refractivity contribution in [2.45, 2.75) is 52.2 Å². The number of amides is 2. The predicted molar refractivity (Wildman–Crippen MR) is 104 cm³/mol. The molecule has 1 aliphatic heterocycles. The molecule has 0 unspecified atom stereocenters. The number of nitrogens with zero attached hydrogens (tertiary/aromatic N) is 1. The first-order chi connectivity index (χ1) is 14.0. The number of halogens is 2. The van der Waals surface area contributed by atoms with E-state index < -0.39 is 53.8 Å². The number of rotatable bonds is 5. The summed E-state index contributed by atoms with van der Waals surface area (Å²) < 4.78 is 37.1. The van der Waals surface area contributed by atoms with Crippen LogP contribution in [0.5, 0.6) is 0 Å². The number of hydrogen-bond donors (Lipinski definition) is 1. The molecule has 0 saturated carbocycles. The van der Waals surface area contributed by atoms with Crippen molar-refractivity contribution in [1.82, 2.24) is 10.2 Å². The molecule has 2 amide bonds. The van der Waals surface area contributed by atoms with Crippen molar-refractivity contribution < 1.29 is 32.6 Å². The number of likely N-dealkylation sites (tertiary alicyclic amines) is 1. The van der Waals surface area contributed by atoms with Crippen molar-refractivity contribution in [3.8, 4) is 0 Å². The lowest BCUT2D eigenvalue weighted by Gasteiger charge is -2.32. The summed E-state index contributed by atoms with van der Waals surface area (Å²) in [6.45, 7) is 7.12. The lowest BCUT2D eigenvalue weighted by atomic mass is 9.97. The summed E-state index contributed by atoms with van der Waals surface area (Å²) in [5.74, 6) is -3.00. The van der Waals surface area contributed by atoms with Crippen LogP contribution >= 0.6 is 0 Å². The molecule has 0 radical (unpaired) electrons. The third-order valence-corrected chi connectivity index (χ3v) is 4.63. The topological polar surface area (TPSA) is 84.9 Å². The van der Waals surface area contributed by atoms with E-state index in [1.54, 1.807) is 32.6 Å². The Hall–Kier alpha value is -2.71. The van der Waals surface area contributed by atoms with Crippen LogP contribution < -0.4 is 5.32 Å². The molecule has 1 atom stereocenters. The van der Waals surface area contributed by atoms with Crippen LogP contribution in [0.1, 0.15) is 52.1 Å². The van der Waals surface area contributed by atoms with Gasteiger partial charge in [-0.25, -0.2) is 13.6 Å². The van der Waals surface area contributed by atoms with Crippen LogP contribution in [-0.2, 0) is 19.1 Å². The Morgan fingerprint density at radius 3 is 2.40 bits per heavy atom. The van der Waals surface area contributed by atoms with Crippen molar-refractivity contribution in [2.24, 2.45) is 5.92 Å². The first kappa shape index (κ1) is 23.6. The van der Waals surface area contributed by atoms with E-state index in [9.17, 15) is 23.2 Å². The van der Waals surface area contributed by atoms with Crippen molar-refractivity contribution in [1.29, 1.82) is 0 Å². The standard InChI is InChI=1S/C21H28F2N2O5/c1-13(16-6-5-15(22)11-17(16)23)24-18(26)12-29-19(27)14-7-9-25(10-8-14)20(28)30-21(2,3)4/h5-6,11,13-14H,7-10,12H2,1-4H3,(H,24,26)/t13-/m1/s1. The third-order valence-electron chi connectivity index (χ3n) is 4.63. The number of benzene rings is 1. The van der Waals surface area contributed by atoms with Crippen LogP contribution in [-0.4, -0.2) is 48.2 Å². The molecular weight excluding hydrogens is 398 g/mol. The molecule has 1 aromatic rings. The SMILES string of the molecule is C[C@@H](NC(=O)COC(=O)C1CCN(C(=O)OC(C)(C)C)CC1)c1ccc(F)cc1F. The molecular formula is C21H28F2N2O5. The van der Waals surface area contributed by atoms with Crippen molar-refractivity contribution in [3.05, 3.63) is 35.4 Å². The molecule has 1 fully saturated rings. The van der Waals surface area contributed by atoms with Gasteiger partial charge in [0.1, 0.15) is 17.2 Å². The Bertz CT molecular complexity index is 786. The molecule has 1 aliphatic rings. The summed E-state index contributed by atoms with van der Waals surface area (Å²) in [6.07, 6.45) is 0.407. The van der Waals surface area contributed by atoms with Gasteiger partial charge in [-0.15, -0.1) is 0 Å². The Labute approximate surface area is 174 Å². The second-order valence-corrected chi connectivity index (χ2v) is 8.30. The number of hydrogen-bond acceptors (Lipinski definition) is 5. The minimum Gasteiger partial charge on any atom is -0.455 e. The number of esters is 1. The van der Waals surface area contributed by atoms with Crippen molar-refractivity contribution in [2.75, 3.05) is 19.7 Å². The molecule has 1 saturated heterocycles. The van der Waals surface area contributed by atoms with E-state index in [0.717, 1.165) is 12.1 Å². The molecule has 30 heavy (non-hydrogen) atoms. The average Bonchev–Trinajstić information content (AvgIpc) is 2.64. The Balaban J connectivity index is 1.75. The lowest BCUT2D eigenvalue weighted by molar-refractivity contribution is -0.154. The van der Waals surface area contributed by atoms with Crippen molar-refractivity contribution in [3.63, 3.8) is 0 Å². The van der Waals surface area contributed by atoms with E-state index in [1.165, 1.54) is 6.07 Å². The monoisotopic (exact) mass is 426 g/mol. The highest BCUT2D eigenvalue weighted by atomic mass is 19.1. The maximum Gasteiger partial charge on any atom is 0.410 e. The molecule has 1 N–H and O–H groups in total. The van der Waals surface area contributed by atoms with Crippen LogP contribution in [0, 0.1) is 17.6 Å². The zero-order chi connectivity index (χ0) is 22.5. The zero-order valence-corrected chi connectivity index (χ0v) is 17.7. The van der Waals surface area contributed by atoms with Gasteiger partial charge in [-0.1, -0.05) is 6.07 Å². The fraction of sp³-hybridized carbons (Fsp3) is 0.571. The molecule has 2 rings (SSSR count). The summed E-state index contributed by atoms with van der Waals surface area (Å²) in [6, 6.07) is 2.38. The van der Waals surface area contributed by atoms with E-state index >= 15 is 0 Å². The number of carbonyl (C=O) groups is 3. The first-order valence-electron chi connectivity index (χ1n) is 9.85. The minimum atomic E-state index is -0.767. The van der Waals surface area contributed by atoms with E-state index in [-0.39, 0.29) is 5.56 Å². The normalized spacial score (nSPS) is 16.0. The van der Waals surface area contributed by atoms with Crippen molar-refractivity contribution >= 4 is 18.0 Å². The van der Waals surface area contributed by atoms with Gasteiger partial charge in [0.25, 0.3) is 5.91 Å². The fourth-order valence-corrected chi connectivity index (χ4v) is 3.09. The van der Waals surface area contributed by atoms with Gasteiger partial charge in [0.15, 0.2) is 6.61 Å². The van der Waals surface area contributed by atoms with Crippen LogP contribution in [0.25, 0.3) is 0 Å². The molecule has 1 aromatic carbocycles. The Morgan fingerprint density at radius 2 is 1.83 bits per heavy atom. The van der Waals surface area contributed by atoms with Gasteiger partial charge < -0.3 is 19.7 Å². The first-order valence-corrected chi connectivity index (χ1v) is 9.85. The highest BCUT2D eigenvalue weighted by molar-refractivity contribution is 5.81. The number of nitrogens with one attached hydrogen (secondary N) is 1. The number of carbonyl (C=O) groups excluding carboxylic acids is 3. The summed E-state index contributed by atoms with van der Waals surface area (Å²) in [5.41, 5.74) is -0.459. The summed E-state index contributed by atoms with van der Waals surface area (Å²) in [5, 5.41) is 2.51. The second kappa shape index (κ2) is 9.86. The van der Waals surface area contributed by atoms with E-state index in [1.807, 2.05) is 0 Å². The minimum absolute atomic E-state index is 0.130. The molecule has 9 heteroatoms. The molecule has 0 aromatic heterocycles.